The molecule has 33 heavy (non-hydrogen) atoms. The maximum absolute atomic E-state index is 13.1. The average Bonchev–Trinajstić information content (AvgIpc) is 3.32. The van der Waals surface area contributed by atoms with Crippen molar-refractivity contribution in [1.29, 1.82) is 0 Å². The van der Waals surface area contributed by atoms with Gasteiger partial charge in [-0.3, -0.25) is 4.79 Å². The third kappa shape index (κ3) is 5.53. The minimum atomic E-state index is -0.541. The summed E-state index contributed by atoms with van der Waals surface area (Å²) >= 11 is 0. The van der Waals surface area contributed by atoms with Crippen LogP contribution in [0.2, 0.25) is 0 Å². The molecule has 0 spiro atoms. The van der Waals surface area contributed by atoms with Gasteiger partial charge in [0.15, 0.2) is 0 Å². The van der Waals surface area contributed by atoms with E-state index in [2.05, 4.69) is 20.4 Å². The summed E-state index contributed by atoms with van der Waals surface area (Å²) in [7, 11) is 1.30. The number of halogens is 1. The van der Waals surface area contributed by atoms with Gasteiger partial charge >= 0.3 is 5.97 Å². The summed E-state index contributed by atoms with van der Waals surface area (Å²) in [6, 6.07) is 11.0. The van der Waals surface area contributed by atoms with E-state index in [-0.39, 0.29) is 36.0 Å². The second-order valence-electron chi connectivity index (χ2n) is 7.39. The van der Waals surface area contributed by atoms with Crippen LogP contribution in [0.1, 0.15) is 22.7 Å². The minimum absolute atomic E-state index is 0.0663. The lowest BCUT2D eigenvalue weighted by Crippen LogP contribution is -2.36. The number of carbonyl (C=O) groups excluding carboxylic acids is 2. The van der Waals surface area contributed by atoms with Crippen molar-refractivity contribution in [3.05, 3.63) is 59.7 Å². The number of benzene rings is 2. The number of carbonyl (C=O) groups is 2. The highest BCUT2D eigenvalue weighted by Crippen LogP contribution is 2.25. The van der Waals surface area contributed by atoms with E-state index in [4.69, 9.17) is 14.0 Å². The molecule has 1 fully saturated rings. The Labute approximate surface area is 189 Å². The summed E-state index contributed by atoms with van der Waals surface area (Å²) in [5.74, 6) is -0.622. The van der Waals surface area contributed by atoms with Crippen LogP contribution in [-0.4, -0.2) is 55.4 Å². The van der Waals surface area contributed by atoms with E-state index in [1.165, 1.54) is 19.2 Å². The number of amides is 1. The van der Waals surface area contributed by atoms with Crippen LogP contribution >= 0.6 is 0 Å². The molecule has 1 amide bonds. The fraction of sp³-hybridized carbons (Fsp3) is 0.304. The molecule has 9 nitrogen and oxygen atoms in total. The van der Waals surface area contributed by atoms with Crippen LogP contribution in [0.5, 0.6) is 0 Å². The number of methoxy groups -OCH3 is 1. The predicted octanol–water partition coefficient (Wildman–Crippen LogP) is 3.07. The molecule has 0 aliphatic carbocycles. The zero-order valence-electron chi connectivity index (χ0n) is 18.0. The number of ether oxygens (including phenoxy) is 2. The molecule has 10 heteroatoms. The number of aromatic nitrogens is 2. The van der Waals surface area contributed by atoms with Crippen molar-refractivity contribution in [2.24, 2.45) is 0 Å². The van der Waals surface area contributed by atoms with Crippen LogP contribution in [0.3, 0.4) is 0 Å². The third-order valence-corrected chi connectivity index (χ3v) is 5.20. The quantitative estimate of drug-likeness (QED) is 0.543. The largest absolute Gasteiger partial charge is 0.465 e. The molecule has 0 atom stereocenters. The average molecular weight is 454 g/mol. The van der Waals surface area contributed by atoms with Gasteiger partial charge < -0.3 is 24.2 Å². The number of nitrogens with one attached hydrogen (secondary N) is 1. The molecule has 3 aromatic rings. The van der Waals surface area contributed by atoms with E-state index in [1.54, 1.807) is 24.3 Å². The van der Waals surface area contributed by atoms with Gasteiger partial charge in [-0.1, -0.05) is 5.16 Å². The van der Waals surface area contributed by atoms with Crippen LogP contribution in [0, 0.1) is 5.82 Å². The van der Waals surface area contributed by atoms with Gasteiger partial charge in [0.1, 0.15) is 5.82 Å². The van der Waals surface area contributed by atoms with Gasteiger partial charge in [0.2, 0.25) is 17.6 Å². The topological polar surface area (TPSA) is 107 Å². The summed E-state index contributed by atoms with van der Waals surface area (Å²) in [5, 5.41) is 6.62. The molecule has 4 rings (SSSR count). The molecule has 1 aromatic heterocycles. The summed E-state index contributed by atoms with van der Waals surface area (Å²) in [4.78, 5) is 31.2. The fourth-order valence-electron chi connectivity index (χ4n) is 3.44. The molecular weight excluding hydrogens is 431 g/mol. The molecular formula is C23H23FN4O5. The number of anilines is 2. The van der Waals surface area contributed by atoms with Gasteiger partial charge in [0, 0.05) is 37.2 Å². The summed E-state index contributed by atoms with van der Waals surface area (Å²) < 4.78 is 28.5. The number of aryl methyl sites for hydroxylation is 1. The van der Waals surface area contributed by atoms with Crippen molar-refractivity contribution in [2.75, 3.05) is 43.6 Å². The lowest BCUT2D eigenvalue weighted by atomic mass is 10.1. The van der Waals surface area contributed by atoms with E-state index >= 15 is 0 Å². The van der Waals surface area contributed by atoms with Gasteiger partial charge in [0.25, 0.3) is 0 Å². The zero-order valence-corrected chi connectivity index (χ0v) is 18.0. The van der Waals surface area contributed by atoms with Crippen molar-refractivity contribution in [3.63, 3.8) is 0 Å². The van der Waals surface area contributed by atoms with E-state index in [1.807, 2.05) is 6.07 Å². The van der Waals surface area contributed by atoms with Crippen LogP contribution in [0.25, 0.3) is 11.4 Å². The van der Waals surface area contributed by atoms with Gasteiger partial charge in [-0.05, 0) is 42.5 Å². The summed E-state index contributed by atoms with van der Waals surface area (Å²) in [6.45, 7) is 2.67. The zero-order chi connectivity index (χ0) is 23.2. The number of morpholine rings is 1. The molecule has 1 aliphatic heterocycles. The minimum Gasteiger partial charge on any atom is -0.465 e. The molecule has 2 aromatic carbocycles. The van der Waals surface area contributed by atoms with Crippen LogP contribution < -0.4 is 10.2 Å². The molecule has 1 saturated heterocycles. The Balaban J connectivity index is 1.40. The van der Waals surface area contributed by atoms with Gasteiger partial charge in [-0.25, -0.2) is 9.18 Å². The molecule has 0 unspecified atom stereocenters. The highest BCUT2D eigenvalue weighted by Gasteiger charge is 2.19. The Kier molecular flexibility index (Phi) is 6.94. The standard InChI is InChI=1S/C23H23FN4O5/c1-31-23(30)18-14-17(28-10-12-32-13-11-28)6-7-19(18)25-20(29)8-9-21-26-22(27-33-21)15-2-4-16(24)5-3-15/h2-7,14H,8-13H2,1H3,(H,25,29). The second kappa shape index (κ2) is 10.2. The molecule has 1 N–H and O–H groups in total. The Morgan fingerprint density at radius 2 is 1.91 bits per heavy atom. The van der Waals surface area contributed by atoms with Crippen molar-refractivity contribution in [3.8, 4) is 11.4 Å². The third-order valence-electron chi connectivity index (χ3n) is 5.20. The SMILES string of the molecule is COC(=O)c1cc(N2CCOCC2)ccc1NC(=O)CCc1nc(-c2ccc(F)cc2)no1. The van der Waals surface area contributed by atoms with E-state index in [0.29, 0.717) is 30.3 Å². The van der Waals surface area contributed by atoms with E-state index in [0.717, 1.165) is 18.8 Å². The van der Waals surface area contributed by atoms with Crippen molar-refractivity contribution >= 4 is 23.3 Å². The normalized spacial score (nSPS) is 13.6. The number of rotatable bonds is 7. The molecule has 0 saturated carbocycles. The predicted molar refractivity (Wildman–Crippen MR) is 117 cm³/mol. The van der Waals surface area contributed by atoms with E-state index in [9.17, 15) is 14.0 Å². The van der Waals surface area contributed by atoms with Crippen LogP contribution in [0.4, 0.5) is 15.8 Å². The van der Waals surface area contributed by atoms with E-state index < -0.39 is 5.97 Å². The number of hydrogen-bond donors (Lipinski definition) is 1. The first kappa shape index (κ1) is 22.4. The molecule has 0 radical (unpaired) electrons. The maximum atomic E-state index is 13.1. The van der Waals surface area contributed by atoms with Crippen molar-refractivity contribution in [2.45, 2.75) is 12.8 Å². The van der Waals surface area contributed by atoms with Gasteiger partial charge in [-0.2, -0.15) is 4.98 Å². The number of hydrogen-bond acceptors (Lipinski definition) is 8. The lowest BCUT2D eigenvalue weighted by molar-refractivity contribution is -0.116. The summed E-state index contributed by atoms with van der Waals surface area (Å²) in [5.41, 5.74) is 2.10. The highest BCUT2D eigenvalue weighted by molar-refractivity contribution is 6.02. The molecule has 1 aliphatic rings. The smallest absolute Gasteiger partial charge is 0.340 e. The first-order valence-electron chi connectivity index (χ1n) is 10.5. The Morgan fingerprint density at radius 1 is 1.15 bits per heavy atom. The van der Waals surface area contributed by atoms with Crippen molar-refractivity contribution < 1.29 is 28.0 Å². The monoisotopic (exact) mass is 454 g/mol. The lowest BCUT2D eigenvalue weighted by Gasteiger charge is -2.29. The van der Waals surface area contributed by atoms with Crippen LogP contribution in [0.15, 0.2) is 47.0 Å². The number of esters is 1. The molecule has 2 heterocycles. The fourth-order valence-corrected chi connectivity index (χ4v) is 3.44. The first-order valence-corrected chi connectivity index (χ1v) is 10.5. The van der Waals surface area contributed by atoms with Crippen LogP contribution in [-0.2, 0) is 20.7 Å². The second-order valence-corrected chi connectivity index (χ2v) is 7.39. The van der Waals surface area contributed by atoms with Gasteiger partial charge in [-0.15, -0.1) is 0 Å². The Hall–Kier alpha value is -3.79. The summed E-state index contributed by atoms with van der Waals surface area (Å²) in [6.07, 6.45) is 0.274. The molecule has 0 bridgehead atoms. The number of nitrogens with zero attached hydrogens (tertiary/aromatic N) is 3. The molecule has 172 valence electrons. The maximum Gasteiger partial charge on any atom is 0.340 e. The highest BCUT2D eigenvalue weighted by atomic mass is 19.1. The van der Waals surface area contributed by atoms with Crippen molar-refractivity contribution in [1.82, 2.24) is 10.1 Å². The first-order chi connectivity index (χ1) is 16.0. The Morgan fingerprint density at radius 3 is 2.64 bits per heavy atom. The Bertz CT molecular complexity index is 1130. The van der Waals surface area contributed by atoms with Gasteiger partial charge in [0.05, 0.1) is 31.6 Å².